The third-order valence-corrected chi connectivity index (χ3v) is 2.19. The largest absolute Gasteiger partial charge is 0.442 e. The molecule has 1 amide bonds. The molecule has 17 heavy (non-hydrogen) atoms. The Labute approximate surface area is 102 Å². The van der Waals surface area contributed by atoms with Crippen LogP contribution in [0.5, 0.6) is 0 Å². The van der Waals surface area contributed by atoms with Crippen molar-refractivity contribution in [3.05, 3.63) is 29.8 Å². The van der Waals surface area contributed by atoms with E-state index in [2.05, 4.69) is 5.32 Å². The summed E-state index contributed by atoms with van der Waals surface area (Å²) in [6, 6.07) is 7.36. The number of nitrogens with two attached hydrogens (primary N) is 1. The second kappa shape index (κ2) is 5.08. The van der Waals surface area contributed by atoms with E-state index in [1.807, 2.05) is 39.0 Å². The third kappa shape index (κ3) is 4.34. The first-order valence-electron chi connectivity index (χ1n) is 5.63. The van der Waals surface area contributed by atoms with E-state index in [0.29, 0.717) is 5.69 Å². The lowest BCUT2D eigenvalue weighted by Crippen LogP contribution is -2.41. The van der Waals surface area contributed by atoms with E-state index in [1.165, 1.54) is 0 Å². The fraction of sp³-hybridized carbons (Fsp3) is 0.462. The highest BCUT2D eigenvalue weighted by molar-refractivity contribution is 5.68. The van der Waals surface area contributed by atoms with Crippen molar-refractivity contribution < 1.29 is 9.53 Å². The number of nitrogen functional groups attached to an aromatic ring is 1. The number of rotatable bonds is 2. The first-order chi connectivity index (χ1) is 7.79. The summed E-state index contributed by atoms with van der Waals surface area (Å²) in [5.74, 6) is 0. The smallest absolute Gasteiger partial charge is 0.408 e. The molecule has 0 aliphatic heterocycles. The molecule has 0 aromatic heterocycles. The fourth-order valence-corrected chi connectivity index (χ4v) is 1.44. The van der Waals surface area contributed by atoms with Gasteiger partial charge in [-0.2, -0.15) is 0 Å². The molecular formula is C13H20N2O2. The van der Waals surface area contributed by atoms with Crippen molar-refractivity contribution in [3.8, 4) is 0 Å². The zero-order valence-electron chi connectivity index (χ0n) is 10.8. The van der Waals surface area contributed by atoms with Gasteiger partial charge >= 0.3 is 6.09 Å². The van der Waals surface area contributed by atoms with Crippen molar-refractivity contribution in [1.82, 2.24) is 5.32 Å². The second-order valence-electron chi connectivity index (χ2n) is 5.05. The average Bonchev–Trinajstić information content (AvgIpc) is 2.14. The summed E-state index contributed by atoms with van der Waals surface area (Å²) in [5, 5.41) is 2.74. The van der Waals surface area contributed by atoms with Crippen molar-refractivity contribution in [2.75, 3.05) is 5.73 Å². The molecule has 0 bridgehead atoms. The topological polar surface area (TPSA) is 64.3 Å². The van der Waals surface area contributed by atoms with E-state index in [-0.39, 0.29) is 11.6 Å². The van der Waals surface area contributed by atoms with Gasteiger partial charge < -0.3 is 15.8 Å². The Hall–Kier alpha value is -1.71. The van der Waals surface area contributed by atoms with Gasteiger partial charge in [0.05, 0.1) is 0 Å². The van der Waals surface area contributed by atoms with E-state index in [4.69, 9.17) is 10.5 Å². The number of para-hydroxylation sites is 1. The number of carbonyl (C=O) groups is 1. The van der Waals surface area contributed by atoms with Crippen LogP contribution in [-0.4, -0.2) is 11.6 Å². The van der Waals surface area contributed by atoms with Crippen LogP contribution in [0.2, 0.25) is 0 Å². The third-order valence-electron chi connectivity index (χ3n) is 2.19. The van der Waals surface area contributed by atoms with Gasteiger partial charge in [-0.1, -0.05) is 18.2 Å². The molecule has 3 N–H and O–H groups in total. The number of carbonyl (C=O) groups excluding carboxylic acids is 1. The first-order valence-corrected chi connectivity index (χ1v) is 5.63. The number of nitrogens with one attached hydrogen (secondary N) is 1. The molecule has 0 fully saturated rings. The van der Waals surface area contributed by atoms with Crippen LogP contribution < -0.4 is 11.1 Å². The van der Waals surface area contributed by atoms with Crippen molar-refractivity contribution in [2.45, 2.75) is 39.3 Å². The summed E-state index contributed by atoms with van der Waals surface area (Å²) < 4.78 is 5.26. The Balaban J connectivity index is 2.64. The molecule has 4 heteroatoms. The predicted octanol–water partition coefficient (Wildman–Crippen LogP) is 2.85. The lowest BCUT2D eigenvalue weighted by Gasteiger charge is -2.22. The number of alkyl carbamates (subject to hydrolysis) is 1. The van der Waals surface area contributed by atoms with Crippen LogP contribution in [-0.2, 0) is 4.74 Å². The van der Waals surface area contributed by atoms with Gasteiger partial charge in [-0.15, -0.1) is 0 Å². The molecule has 0 aliphatic carbocycles. The average molecular weight is 236 g/mol. The van der Waals surface area contributed by atoms with Gasteiger partial charge in [0.25, 0.3) is 0 Å². The van der Waals surface area contributed by atoms with E-state index in [1.54, 1.807) is 13.0 Å². The van der Waals surface area contributed by atoms with Gasteiger partial charge in [0, 0.05) is 16.8 Å². The minimum atomic E-state index is -0.437. The maximum atomic E-state index is 11.6. The molecule has 1 aromatic carbocycles. The molecule has 0 saturated carbocycles. The van der Waals surface area contributed by atoms with E-state index in [9.17, 15) is 4.79 Å². The van der Waals surface area contributed by atoms with Gasteiger partial charge in [-0.3, -0.25) is 0 Å². The van der Waals surface area contributed by atoms with E-state index in [0.717, 1.165) is 5.56 Å². The van der Waals surface area contributed by atoms with Crippen molar-refractivity contribution in [1.29, 1.82) is 0 Å². The Morgan fingerprint density at radius 2 is 1.94 bits per heavy atom. The molecule has 1 aromatic rings. The predicted molar refractivity (Wildman–Crippen MR) is 68.6 cm³/mol. The molecule has 0 aliphatic rings. The number of benzene rings is 1. The highest BCUT2D eigenvalue weighted by Gasteiger charge is 2.18. The van der Waals surface area contributed by atoms with Gasteiger partial charge in [0.2, 0.25) is 0 Å². The van der Waals surface area contributed by atoms with Crippen LogP contribution in [0.3, 0.4) is 0 Å². The number of amides is 1. The van der Waals surface area contributed by atoms with Gasteiger partial charge in [-0.25, -0.2) is 4.79 Å². The highest BCUT2D eigenvalue weighted by atomic mass is 16.6. The maximum absolute atomic E-state index is 11.6. The first kappa shape index (κ1) is 13.4. The van der Waals surface area contributed by atoms with Gasteiger partial charge in [0.15, 0.2) is 0 Å². The summed E-state index contributed by atoms with van der Waals surface area (Å²) in [6.07, 6.45) is -0.799. The molecule has 0 spiro atoms. The van der Waals surface area contributed by atoms with Crippen molar-refractivity contribution in [2.24, 2.45) is 0 Å². The highest BCUT2D eigenvalue weighted by Crippen LogP contribution is 2.22. The standard InChI is InChI=1S/C13H20N2O2/c1-9(10-7-5-6-8-11(10)14)17-12(16)15-13(2,3)4/h5-9H,14H2,1-4H3,(H,15,16). The van der Waals surface area contributed by atoms with Crippen LogP contribution >= 0.6 is 0 Å². The Morgan fingerprint density at radius 1 is 1.35 bits per heavy atom. The minimum absolute atomic E-state index is 0.307. The van der Waals surface area contributed by atoms with Gasteiger partial charge in [-0.05, 0) is 33.8 Å². The number of ether oxygens (including phenoxy) is 1. The molecular weight excluding hydrogens is 216 g/mol. The lowest BCUT2D eigenvalue weighted by atomic mass is 10.1. The number of hydrogen-bond donors (Lipinski definition) is 2. The SMILES string of the molecule is CC(OC(=O)NC(C)(C)C)c1ccccc1N. The zero-order valence-corrected chi connectivity index (χ0v) is 10.8. The molecule has 1 rings (SSSR count). The Bertz CT molecular complexity index is 397. The molecule has 0 radical (unpaired) electrons. The van der Waals surface area contributed by atoms with Crippen LogP contribution in [0.25, 0.3) is 0 Å². The molecule has 4 nitrogen and oxygen atoms in total. The van der Waals surface area contributed by atoms with Crippen LogP contribution in [0.1, 0.15) is 39.4 Å². The molecule has 94 valence electrons. The second-order valence-corrected chi connectivity index (χ2v) is 5.05. The summed E-state index contributed by atoms with van der Waals surface area (Å²) >= 11 is 0. The maximum Gasteiger partial charge on any atom is 0.408 e. The Morgan fingerprint density at radius 3 is 2.47 bits per heavy atom. The molecule has 0 saturated heterocycles. The lowest BCUT2D eigenvalue weighted by molar-refractivity contribution is 0.100. The summed E-state index contributed by atoms with van der Waals surface area (Å²) in [6.45, 7) is 7.50. The fourth-order valence-electron chi connectivity index (χ4n) is 1.44. The monoisotopic (exact) mass is 236 g/mol. The zero-order chi connectivity index (χ0) is 13.1. The molecule has 0 heterocycles. The number of hydrogen-bond acceptors (Lipinski definition) is 3. The normalized spacial score (nSPS) is 12.9. The Kier molecular flexibility index (Phi) is 3.99. The van der Waals surface area contributed by atoms with Crippen LogP contribution in [0.15, 0.2) is 24.3 Å². The summed E-state index contributed by atoms with van der Waals surface area (Å²) in [7, 11) is 0. The van der Waals surface area contributed by atoms with Crippen LogP contribution in [0, 0.1) is 0 Å². The number of anilines is 1. The minimum Gasteiger partial charge on any atom is -0.442 e. The van der Waals surface area contributed by atoms with Gasteiger partial charge in [0.1, 0.15) is 6.10 Å². The molecule has 1 atom stereocenters. The summed E-state index contributed by atoms with van der Waals surface area (Å²) in [5.41, 5.74) is 6.95. The van der Waals surface area contributed by atoms with Crippen molar-refractivity contribution >= 4 is 11.8 Å². The van der Waals surface area contributed by atoms with Crippen molar-refractivity contribution in [3.63, 3.8) is 0 Å². The van der Waals surface area contributed by atoms with E-state index >= 15 is 0 Å². The molecule has 1 unspecified atom stereocenters. The summed E-state index contributed by atoms with van der Waals surface area (Å²) in [4.78, 5) is 11.6. The van der Waals surface area contributed by atoms with Crippen LogP contribution in [0.4, 0.5) is 10.5 Å². The quantitative estimate of drug-likeness (QED) is 0.776. The van der Waals surface area contributed by atoms with E-state index < -0.39 is 6.09 Å².